The fourth-order valence-corrected chi connectivity index (χ4v) is 3.57. The first-order chi connectivity index (χ1) is 10.6. The Kier molecular flexibility index (Phi) is 6.70. The summed E-state index contributed by atoms with van der Waals surface area (Å²) < 4.78 is 0. The van der Waals surface area contributed by atoms with Crippen molar-refractivity contribution in [2.75, 3.05) is 26.7 Å². The average Bonchev–Trinajstić information content (AvgIpc) is 3.19. The van der Waals surface area contributed by atoms with Crippen molar-refractivity contribution in [2.24, 2.45) is 10.9 Å². The van der Waals surface area contributed by atoms with Crippen LogP contribution in [0.15, 0.2) is 22.5 Å². The molecule has 5 heteroatoms. The van der Waals surface area contributed by atoms with E-state index in [9.17, 15) is 0 Å². The monoisotopic (exact) mass is 322 g/mol. The predicted molar refractivity (Wildman–Crippen MR) is 96.7 cm³/mol. The summed E-state index contributed by atoms with van der Waals surface area (Å²) in [6.45, 7) is 9.98. The van der Waals surface area contributed by atoms with Crippen molar-refractivity contribution in [3.05, 3.63) is 22.4 Å². The Morgan fingerprint density at radius 1 is 1.32 bits per heavy atom. The number of hydrogen-bond acceptors (Lipinski definition) is 3. The van der Waals surface area contributed by atoms with Gasteiger partial charge >= 0.3 is 0 Å². The molecule has 124 valence electrons. The average molecular weight is 323 g/mol. The van der Waals surface area contributed by atoms with E-state index in [-0.39, 0.29) is 0 Å². The summed E-state index contributed by atoms with van der Waals surface area (Å²) in [6.07, 6.45) is 2.64. The SMILES string of the molecule is CN=C(NCC(c1cccs1)N1CCCC1)NC(C)C(C)C. The Labute approximate surface area is 139 Å². The van der Waals surface area contributed by atoms with Crippen LogP contribution in [0.4, 0.5) is 0 Å². The Bertz CT molecular complexity index is 449. The molecule has 0 aromatic carbocycles. The number of likely N-dealkylation sites (tertiary alicyclic amines) is 1. The van der Waals surface area contributed by atoms with Gasteiger partial charge in [0, 0.05) is 24.5 Å². The van der Waals surface area contributed by atoms with Gasteiger partial charge in [-0.15, -0.1) is 11.3 Å². The van der Waals surface area contributed by atoms with E-state index in [1.54, 1.807) is 0 Å². The fraction of sp³-hybridized carbons (Fsp3) is 0.706. The highest BCUT2D eigenvalue weighted by atomic mass is 32.1. The largest absolute Gasteiger partial charge is 0.354 e. The highest BCUT2D eigenvalue weighted by Crippen LogP contribution is 2.27. The van der Waals surface area contributed by atoms with Gasteiger partial charge in [-0.3, -0.25) is 9.89 Å². The van der Waals surface area contributed by atoms with Crippen LogP contribution in [0.3, 0.4) is 0 Å². The van der Waals surface area contributed by atoms with Crippen molar-refractivity contribution < 1.29 is 0 Å². The Morgan fingerprint density at radius 2 is 2.05 bits per heavy atom. The van der Waals surface area contributed by atoms with Crippen LogP contribution in [0, 0.1) is 5.92 Å². The molecule has 0 aliphatic carbocycles. The molecule has 1 aromatic heterocycles. The van der Waals surface area contributed by atoms with Gasteiger partial charge in [-0.2, -0.15) is 0 Å². The molecular formula is C17H30N4S. The third-order valence-corrected chi connectivity index (χ3v) is 5.48. The third-order valence-electron chi connectivity index (χ3n) is 4.50. The standard InChI is InChI=1S/C17H30N4S/c1-13(2)14(3)20-17(18-4)19-12-15(16-8-7-11-22-16)21-9-5-6-10-21/h7-8,11,13-15H,5-6,9-10,12H2,1-4H3,(H2,18,19,20). The summed E-state index contributed by atoms with van der Waals surface area (Å²) in [4.78, 5) is 8.41. The summed E-state index contributed by atoms with van der Waals surface area (Å²) in [5, 5.41) is 9.18. The van der Waals surface area contributed by atoms with Crippen molar-refractivity contribution in [1.82, 2.24) is 15.5 Å². The van der Waals surface area contributed by atoms with E-state index >= 15 is 0 Å². The number of nitrogens with one attached hydrogen (secondary N) is 2. The zero-order chi connectivity index (χ0) is 15.9. The molecule has 2 atom stereocenters. The summed E-state index contributed by atoms with van der Waals surface area (Å²) in [5.74, 6) is 1.49. The van der Waals surface area contributed by atoms with Crippen molar-refractivity contribution >= 4 is 17.3 Å². The maximum atomic E-state index is 4.37. The van der Waals surface area contributed by atoms with Gasteiger partial charge in [0.1, 0.15) is 0 Å². The lowest BCUT2D eigenvalue weighted by molar-refractivity contribution is 0.248. The van der Waals surface area contributed by atoms with Gasteiger partial charge in [-0.25, -0.2) is 0 Å². The van der Waals surface area contributed by atoms with E-state index in [4.69, 9.17) is 0 Å². The quantitative estimate of drug-likeness (QED) is 0.624. The topological polar surface area (TPSA) is 39.7 Å². The second-order valence-corrected chi connectivity index (χ2v) is 7.38. The predicted octanol–water partition coefficient (Wildman–Crippen LogP) is 3.09. The lowest BCUT2D eigenvalue weighted by Gasteiger charge is -2.28. The van der Waals surface area contributed by atoms with Crippen LogP contribution in [0.1, 0.15) is 44.5 Å². The molecule has 1 fully saturated rings. The number of aliphatic imine (C=N–C) groups is 1. The Hall–Kier alpha value is -1.07. The normalized spacial score (nSPS) is 19.4. The lowest BCUT2D eigenvalue weighted by atomic mass is 10.1. The number of rotatable bonds is 6. The van der Waals surface area contributed by atoms with E-state index < -0.39 is 0 Å². The van der Waals surface area contributed by atoms with E-state index in [0.717, 1.165) is 12.5 Å². The first kappa shape index (κ1) is 17.3. The summed E-state index contributed by atoms with van der Waals surface area (Å²) in [5.41, 5.74) is 0. The van der Waals surface area contributed by atoms with Crippen molar-refractivity contribution in [3.8, 4) is 0 Å². The zero-order valence-corrected chi connectivity index (χ0v) is 15.1. The molecule has 0 radical (unpaired) electrons. The van der Waals surface area contributed by atoms with Crippen LogP contribution in [-0.2, 0) is 0 Å². The summed E-state index contributed by atoms with van der Waals surface area (Å²) in [6, 6.07) is 5.27. The van der Waals surface area contributed by atoms with Gasteiger partial charge < -0.3 is 10.6 Å². The molecule has 1 saturated heterocycles. The molecule has 2 unspecified atom stereocenters. The molecule has 0 bridgehead atoms. The van der Waals surface area contributed by atoms with Gasteiger partial charge in [-0.05, 0) is 50.2 Å². The molecule has 0 spiro atoms. The van der Waals surface area contributed by atoms with Crippen LogP contribution in [0.2, 0.25) is 0 Å². The minimum absolute atomic E-state index is 0.415. The molecule has 1 aliphatic rings. The summed E-state index contributed by atoms with van der Waals surface area (Å²) in [7, 11) is 1.85. The van der Waals surface area contributed by atoms with Crippen molar-refractivity contribution in [1.29, 1.82) is 0 Å². The van der Waals surface area contributed by atoms with E-state index in [1.807, 2.05) is 18.4 Å². The molecule has 2 heterocycles. The highest BCUT2D eigenvalue weighted by Gasteiger charge is 2.24. The number of nitrogens with zero attached hydrogens (tertiary/aromatic N) is 2. The fourth-order valence-electron chi connectivity index (χ4n) is 2.71. The van der Waals surface area contributed by atoms with Gasteiger partial charge in [0.25, 0.3) is 0 Å². The van der Waals surface area contributed by atoms with Crippen LogP contribution < -0.4 is 10.6 Å². The van der Waals surface area contributed by atoms with Gasteiger partial charge in [0.2, 0.25) is 0 Å². The molecule has 4 nitrogen and oxygen atoms in total. The Morgan fingerprint density at radius 3 is 2.59 bits per heavy atom. The second-order valence-electron chi connectivity index (χ2n) is 6.40. The molecule has 0 amide bonds. The molecule has 1 aliphatic heterocycles. The van der Waals surface area contributed by atoms with Crippen molar-refractivity contribution in [3.63, 3.8) is 0 Å². The molecule has 1 aromatic rings. The van der Waals surface area contributed by atoms with E-state index in [0.29, 0.717) is 18.0 Å². The molecule has 0 saturated carbocycles. The Balaban J connectivity index is 1.95. The zero-order valence-electron chi connectivity index (χ0n) is 14.3. The summed E-state index contributed by atoms with van der Waals surface area (Å²) >= 11 is 1.85. The number of thiophene rings is 1. The minimum atomic E-state index is 0.415. The van der Waals surface area contributed by atoms with Crippen LogP contribution in [-0.4, -0.2) is 43.6 Å². The third kappa shape index (κ3) is 4.71. The van der Waals surface area contributed by atoms with Gasteiger partial charge in [0.15, 0.2) is 5.96 Å². The van der Waals surface area contributed by atoms with Crippen LogP contribution in [0.5, 0.6) is 0 Å². The van der Waals surface area contributed by atoms with Gasteiger partial charge in [0.05, 0.1) is 6.04 Å². The van der Waals surface area contributed by atoms with Crippen LogP contribution in [0.25, 0.3) is 0 Å². The molecule has 2 rings (SSSR count). The maximum absolute atomic E-state index is 4.37. The van der Waals surface area contributed by atoms with E-state index in [2.05, 4.69) is 58.8 Å². The minimum Gasteiger partial charge on any atom is -0.354 e. The molecule has 22 heavy (non-hydrogen) atoms. The number of hydrogen-bond donors (Lipinski definition) is 2. The van der Waals surface area contributed by atoms with Crippen LogP contribution >= 0.6 is 11.3 Å². The highest BCUT2D eigenvalue weighted by molar-refractivity contribution is 7.10. The first-order valence-electron chi connectivity index (χ1n) is 8.36. The molecular weight excluding hydrogens is 292 g/mol. The lowest BCUT2D eigenvalue weighted by Crippen LogP contribution is -2.46. The van der Waals surface area contributed by atoms with Crippen molar-refractivity contribution in [2.45, 2.75) is 45.7 Å². The first-order valence-corrected chi connectivity index (χ1v) is 9.24. The van der Waals surface area contributed by atoms with Gasteiger partial charge in [-0.1, -0.05) is 19.9 Å². The van der Waals surface area contributed by atoms with E-state index in [1.165, 1.54) is 30.8 Å². The molecule has 2 N–H and O–H groups in total. The number of guanidine groups is 1. The maximum Gasteiger partial charge on any atom is 0.191 e. The smallest absolute Gasteiger partial charge is 0.191 e. The second kappa shape index (κ2) is 8.53.